The zero-order valence-corrected chi connectivity index (χ0v) is 18.6. The van der Waals surface area contributed by atoms with Crippen LogP contribution in [0.2, 0.25) is 0 Å². The normalized spacial score (nSPS) is 19.5. The standard InChI is InChI=1S/C23H29N3O4S/c1-17(27)24-22(19-7-3-4-8-19)23(28)25-12-14-26(15-13-25)31(29,30)21-11-10-18-6-2-5-9-20(18)16-21/h2,5-6,9-11,16,19,22H,3-4,7-8,12-15H2,1H3,(H,24,27). The van der Waals surface area contributed by atoms with Gasteiger partial charge in [0.1, 0.15) is 6.04 Å². The Balaban J connectivity index is 1.45. The lowest BCUT2D eigenvalue weighted by Gasteiger charge is -2.37. The number of carbonyl (C=O) groups is 2. The number of hydrogen-bond acceptors (Lipinski definition) is 4. The predicted molar refractivity (Wildman–Crippen MR) is 119 cm³/mol. The third-order valence-corrected chi connectivity index (χ3v) is 8.30. The minimum absolute atomic E-state index is 0.0927. The van der Waals surface area contributed by atoms with E-state index < -0.39 is 16.1 Å². The van der Waals surface area contributed by atoms with Crippen LogP contribution in [0.25, 0.3) is 10.8 Å². The quantitative estimate of drug-likeness (QED) is 0.769. The van der Waals surface area contributed by atoms with Gasteiger partial charge in [0.15, 0.2) is 0 Å². The molecule has 166 valence electrons. The highest BCUT2D eigenvalue weighted by Crippen LogP contribution is 2.29. The largest absolute Gasteiger partial charge is 0.344 e. The summed E-state index contributed by atoms with van der Waals surface area (Å²) in [7, 11) is -3.63. The Morgan fingerprint density at radius 1 is 0.968 bits per heavy atom. The van der Waals surface area contributed by atoms with Crippen molar-refractivity contribution < 1.29 is 18.0 Å². The summed E-state index contributed by atoms with van der Waals surface area (Å²) < 4.78 is 27.8. The molecular formula is C23H29N3O4S. The third-order valence-electron chi connectivity index (χ3n) is 6.41. The lowest BCUT2D eigenvalue weighted by atomic mass is 9.96. The molecule has 2 aromatic carbocycles. The van der Waals surface area contributed by atoms with E-state index in [-0.39, 0.29) is 35.7 Å². The van der Waals surface area contributed by atoms with Gasteiger partial charge in [0.25, 0.3) is 0 Å². The second-order valence-corrected chi connectivity index (χ2v) is 10.4. The third kappa shape index (κ3) is 4.60. The van der Waals surface area contributed by atoms with Crippen molar-refractivity contribution in [2.45, 2.75) is 43.5 Å². The van der Waals surface area contributed by atoms with Crippen LogP contribution in [0.5, 0.6) is 0 Å². The number of rotatable bonds is 5. The van der Waals surface area contributed by atoms with E-state index in [0.717, 1.165) is 36.5 Å². The van der Waals surface area contributed by atoms with Crippen LogP contribution in [-0.4, -0.2) is 61.7 Å². The van der Waals surface area contributed by atoms with Crippen LogP contribution in [0, 0.1) is 5.92 Å². The first kappa shape index (κ1) is 21.8. The smallest absolute Gasteiger partial charge is 0.245 e. The van der Waals surface area contributed by atoms with E-state index >= 15 is 0 Å². The van der Waals surface area contributed by atoms with Gasteiger partial charge in [-0.2, -0.15) is 4.31 Å². The molecule has 2 aromatic rings. The van der Waals surface area contributed by atoms with Crippen LogP contribution in [0.4, 0.5) is 0 Å². The van der Waals surface area contributed by atoms with Gasteiger partial charge in [0.2, 0.25) is 21.8 Å². The van der Waals surface area contributed by atoms with E-state index in [4.69, 9.17) is 0 Å². The molecule has 7 nitrogen and oxygen atoms in total. The lowest BCUT2D eigenvalue weighted by molar-refractivity contribution is -0.138. The van der Waals surface area contributed by atoms with Crippen LogP contribution in [0.1, 0.15) is 32.6 Å². The molecule has 1 N–H and O–H groups in total. The van der Waals surface area contributed by atoms with Gasteiger partial charge in [-0.1, -0.05) is 43.2 Å². The first-order valence-electron chi connectivity index (χ1n) is 10.9. The Bertz CT molecular complexity index is 1070. The number of carbonyl (C=O) groups excluding carboxylic acids is 2. The molecule has 1 unspecified atom stereocenters. The van der Waals surface area contributed by atoms with Gasteiger partial charge in [-0.15, -0.1) is 0 Å². The van der Waals surface area contributed by atoms with E-state index in [0.29, 0.717) is 13.1 Å². The summed E-state index contributed by atoms with van der Waals surface area (Å²) >= 11 is 0. The summed E-state index contributed by atoms with van der Waals surface area (Å²) in [6, 6.07) is 12.3. The minimum Gasteiger partial charge on any atom is -0.344 e. The van der Waals surface area contributed by atoms with Gasteiger partial charge >= 0.3 is 0 Å². The molecule has 31 heavy (non-hydrogen) atoms. The summed E-state index contributed by atoms with van der Waals surface area (Å²) in [5.74, 6) is -0.136. The molecule has 1 saturated carbocycles. The van der Waals surface area contributed by atoms with E-state index in [9.17, 15) is 18.0 Å². The predicted octanol–water partition coefficient (Wildman–Crippen LogP) is 2.37. The fourth-order valence-electron chi connectivity index (χ4n) is 4.71. The molecule has 4 rings (SSSR count). The van der Waals surface area contributed by atoms with E-state index in [1.165, 1.54) is 11.2 Å². The number of benzene rings is 2. The number of sulfonamides is 1. The fraction of sp³-hybridized carbons (Fsp3) is 0.478. The van der Waals surface area contributed by atoms with Crippen LogP contribution in [0.3, 0.4) is 0 Å². The first-order chi connectivity index (χ1) is 14.9. The van der Waals surface area contributed by atoms with Crippen molar-refractivity contribution in [3.8, 4) is 0 Å². The van der Waals surface area contributed by atoms with E-state index in [2.05, 4.69) is 5.32 Å². The van der Waals surface area contributed by atoms with Crippen molar-refractivity contribution in [2.75, 3.05) is 26.2 Å². The summed E-state index contributed by atoms with van der Waals surface area (Å²) in [5.41, 5.74) is 0. The van der Waals surface area contributed by atoms with Crippen LogP contribution < -0.4 is 5.32 Å². The van der Waals surface area contributed by atoms with E-state index in [1.807, 2.05) is 30.3 Å². The number of piperazine rings is 1. The summed E-state index contributed by atoms with van der Waals surface area (Å²) in [6.07, 6.45) is 4.03. The maximum atomic E-state index is 13.2. The lowest BCUT2D eigenvalue weighted by Crippen LogP contribution is -2.57. The maximum Gasteiger partial charge on any atom is 0.245 e. The van der Waals surface area contributed by atoms with Crippen molar-refractivity contribution >= 4 is 32.6 Å². The summed E-state index contributed by atoms with van der Waals surface area (Å²) in [4.78, 5) is 26.8. The van der Waals surface area contributed by atoms with Crippen molar-refractivity contribution in [1.82, 2.24) is 14.5 Å². The Morgan fingerprint density at radius 3 is 2.26 bits per heavy atom. The summed E-state index contributed by atoms with van der Waals surface area (Å²) in [6.45, 7) is 2.59. The molecule has 1 heterocycles. The van der Waals surface area contributed by atoms with Gasteiger partial charge in [-0.3, -0.25) is 9.59 Å². The molecule has 0 spiro atoms. The van der Waals surface area contributed by atoms with Gasteiger partial charge in [0, 0.05) is 33.1 Å². The molecule has 0 radical (unpaired) electrons. The van der Waals surface area contributed by atoms with Gasteiger partial charge < -0.3 is 10.2 Å². The number of nitrogens with zero attached hydrogens (tertiary/aromatic N) is 2. The average Bonchev–Trinajstić information content (AvgIpc) is 3.31. The highest BCUT2D eigenvalue weighted by atomic mass is 32.2. The van der Waals surface area contributed by atoms with Gasteiger partial charge in [-0.05, 0) is 41.7 Å². The van der Waals surface area contributed by atoms with E-state index in [1.54, 1.807) is 17.0 Å². The first-order valence-corrected chi connectivity index (χ1v) is 12.3. The van der Waals surface area contributed by atoms with Crippen LogP contribution >= 0.6 is 0 Å². The SMILES string of the molecule is CC(=O)NC(C(=O)N1CCN(S(=O)(=O)c2ccc3ccccc3c2)CC1)C1CCCC1. The Kier molecular flexibility index (Phi) is 6.29. The Hall–Kier alpha value is -2.45. The Morgan fingerprint density at radius 2 is 1.61 bits per heavy atom. The second-order valence-electron chi connectivity index (χ2n) is 8.46. The molecule has 8 heteroatoms. The molecule has 2 fully saturated rings. The highest BCUT2D eigenvalue weighted by molar-refractivity contribution is 7.89. The van der Waals surface area contributed by atoms with Crippen LogP contribution in [0.15, 0.2) is 47.4 Å². The number of amides is 2. The van der Waals surface area contributed by atoms with Crippen LogP contribution in [-0.2, 0) is 19.6 Å². The molecule has 0 aromatic heterocycles. The second kappa shape index (κ2) is 8.96. The number of fused-ring (bicyclic) bond motifs is 1. The molecule has 1 saturated heterocycles. The van der Waals surface area contributed by atoms with Crippen molar-refractivity contribution in [1.29, 1.82) is 0 Å². The number of nitrogens with one attached hydrogen (secondary N) is 1. The highest BCUT2D eigenvalue weighted by Gasteiger charge is 2.37. The Labute approximate surface area is 183 Å². The topological polar surface area (TPSA) is 86.8 Å². The maximum absolute atomic E-state index is 13.2. The fourth-order valence-corrected chi connectivity index (χ4v) is 6.17. The number of hydrogen-bond donors (Lipinski definition) is 1. The summed E-state index contributed by atoms with van der Waals surface area (Å²) in [5, 5.41) is 4.72. The monoisotopic (exact) mass is 443 g/mol. The molecule has 0 bridgehead atoms. The zero-order valence-electron chi connectivity index (χ0n) is 17.8. The minimum atomic E-state index is -3.63. The molecule has 2 aliphatic rings. The molecule has 2 amide bonds. The van der Waals surface area contributed by atoms with Crippen molar-refractivity contribution in [3.63, 3.8) is 0 Å². The zero-order chi connectivity index (χ0) is 22.0. The molecule has 1 aliphatic heterocycles. The van der Waals surface area contributed by atoms with Crippen molar-refractivity contribution in [2.24, 2.45) is 5.92 Å². The molecule has 1 aliphatic carbocycles. The molecule has 1 atom stereocenters. The van der Waals surface area contributed by atoms with Gasteiger partial charge in [0.05, 0.1) is 4.90 Å². The van der Waals surface area contributed by atoms with Gasteiger partial charge in [-0.25, -0.2) is 8.42 Å². The molecular weight excluding hydrogens is 414 g/mol. The van der Waals surface area contributed by atoms with Crippen molar-refractivity contribution in [3.05, 3.63) is 42.5 Å². The average molecular weight is 444 g/mol.